The van der Waals surface area contributed by atoms with Gasteiger partial charge in [-0.1, -0.05) is 24.3 Å². The van der Waals surface area contributed by atoms with Gasteiger partial charge in [-0.25, -0.2) is 0 Å². The van der Waals surface area contributed by atoms with Crippen LogP contribution in [0.1, 0.15) is 26.7 Å². The van der Waals surface area contributed by atoms with Gasteiger partial charge in [-0.15, -0.1) is 6.58 Å². The molecule has 1 aliphatic heterocycles. The number of hydrogen-bond acceptors (Lipinski definition) is 2. The zero-order valence-electron chi connectivity index (χ0n) is 11.5. The van der Waals surface area contributed by atoms with Crippen LogP contribution in [0.2, 0.25) is 0 Å². The second kappa shape index (κ2) is 3.69. The number of hydrogen-bond donors (Lipinski definition) is 0. The molecule has 0 radical (unpaired) electrons. The van der Waals surface area contributed by atoms with Crippen LogP contribution in [0.3, 0.4) is 0 Å². The van der Waals surface area contributed by atoms with Gasteiger partial charge in [0.15, 0.2) is 0 Å². The standard InChI is InChI=1S/C16H19NO2/c1-9(2)7-16-6-5-11(8-16)12-13(16)15(19)17(10(3)4)14(12)18/h5-6,11-13H,1,3,7-8H2,2,4H3. The molecule has 3 heteroatoms. The SMILES string of the molecule is C=C(C)CC12C=CC(C1)C1C(=O)N(C(=C)C)C(=O)C12. The van der Waals surface area contributed by atoms with E-state index < -0.39 is 0 Å². The molecule has 0 aromatic carbocycles. The molecular weight excluding hydrogens is 238 g/mol. The van der Waals surface area contributed by atoms with E-state index in [2.05, 4.69) is 25.3 Å². The maximum Gasteiger partial charge on any atom is 0.238 e. The van der Waals surface area contributed by atoms with Crippen LogP contribution in [-0.4, -0.2) is 16.7 Å². The van der Waals surface area contributed by atoms with Crippen molar-refractivity contribution < 1.29 is 9.59 Å². The maximum absolute atomic E-state index is 12.6. The lowest BCUT2D eigenvalue weighted by molar-refractivity contribution is -0.138. The van der Waals surface area contributed by atoms with Crippen LogP contribution in [0.5, 0.6) is 0 Å². The Bertz CT molecular complexity index is 545. The number of carbonyl (C=O) groups excluding carboxylic acids is 2. The van der Waals surface area contributed by atoms with E-state index in [4.69, 9.17) is 0 Å². The van der Waals surface area contributed by atoms with Gasteiger partial charge < -0.3 is 0 Å². The first kappa shape index (κ1) is 12.4. The van der Waals surface area contributed by atoms with Gasteiger partial charge in [0, 0.05) is 11.1 Å². The molecule has 3 aliphatic rings. The first-order chi connectivity index (χ1) is 8.87. The second-order valence-corrected chi connectivity index (χ2v) is 6.34. The molecule has 4 atom stereocenters. The first-order valence-electron chi connectivity index (χ1n) is 6.74. The highest BCUT2D eigenvalue weighted by Gasteiger charge is 2.65. The molecule has 3 nitrogen and oxygen atoms in total. The summed E-state index contributed by atoms with van der Waals surface area (Å²) in [6, 6.07) is 0. The van der Waals surface area contributed by atoms with Crippen molar-refractivity contribution in [2.45, 2.75) is 26.7 Å². The molecule has 1 heterocycles. The van der Waals surface area contributed by atoms with E-state index in [1.165, 1.54) is 4.90 Å². The van der Waals surface area contributed by atoms with E-state index in [-0.39, 0.29) is 35.0 Å². The Balaban J connectivity index is 2.04. The number of likely N-dealkylation sites (tertiary alicyclic amines) is 1. The number of amides is 2. The summed E-state index contributed by atoms with van der Waals surface area (Å²) in [7, 11) is 0. The van der Waals surface area contributed by atoms with Gasteiger partial charge in [0.2, 0.25) is 11.8 Å². The van der Waals surface area contributed by atoms with Crippen LogP contribution in [0, 0.1) is 23.2 Å². The Morgan fingerprint density at radius 2 is 2.05 bits per heavy atom. The molecule has 100 valence electrons. The molecule has 2 amide bonds. The summed E-state index contributed by atoms with van der Waals surface area (Å²) in [5, 5.41) is 0. The number of allylic oxidation sites excluding steroid dienone is 4. The molecule has 0 N–H and O–H groups in total. The van der Waals surface area contributed by atoms with Crippen molar-refractivity contribution in [2.24, 2.45) is 23.2 Å². The van der Waals surface area contributed by atoms with Crippen molar-refractivity contribution in [2.75, 3.05) is 0 Å². The van der Waals surface area contributed by atoms with Crippen molar-refractivity contribution in [3.05, 3.63) is 36.6 Å². The van der Waals surface area contributed by atoms with Gasteiger partial charge in [0.1, 0.15) is 0 Å². The third-order valence-electron chi connectivity index (χ3n) is 4.74. The summed E-state index contributed by atoms with van der Waals surface area (Å²) < 4.78 is 0. The summed E-state index contributed by atoms with van der Waals surface area (Å²) in [5.74, 6) is -0.279. The summed E-state index contributed by atoms with van der Waals surface area (Å²) in [6.07, 6.45) is 5.98. The van der Waals surface area contributed by atoms with Crippen LogP contribution < -0.4 is 0 Å². The molecule has 2 bridgehead atoms. The minimum Gasteiger partial charge on any atom is -0.274 e. The Hall–Kier alpha value is -1.64. The smallest absolute Gasteiger partial charge is 0.238 e. The zero-order chi connectivity index (χ0) is 13.9. The minimum atomic E-state index is -0.205. The molecule has 1 saturated carbocycles. The zero-order valence-corrected chi connectivity index (χ0v) is 11.5. The van der Waals surface area contributed by atoms with E-state index in [1.807, 2.05) is 6.92 Å². The molecule has 2 aliphatic carbocycles. The highest BCUT2D eigenvalue weighted by atomic mass is 16.2. The lowest BCUT2D eigenvalue weighted by Gasteiger charge is -2.30. The number of nitrogens with zero attached hydrogens (tertiary/aromatic N) is 1. The van der Waals surface area contributed by atoms with Crippen molar-refractivity contribution >= 4 is 11.8 Å². The van der Waals surface area contributed by atoms with Gasteiger partial charge in [0.25, 0.3) is 0 Å². The van der Waals surface area contributed by atoms with E-state index in [0.29, 0.717) is 5.70 Å². The Kier molecular flexibility index (Phi) is 2.40. The topological polar surface area (TPSA) is 37.4 Å². The van der Waals surface area contributed by atoms with Crippen LogP contribution in [0.25, 0.3) is 0 Å². The number of carbonyl (C=O) groups is 2. The maximum atomic E-state index is 12.6. The summed E-state index contributed by atoms with van der Waals surface area (Å²) in [6.45, 7) is 11.5. The molecule has 3 rings (SSSR count). The lowest BCUT2D eigenvalue weighted by atomic mass is 9.71. The molecule has 19 heavy (non-hydrogen) atoms. The van der Waals surface area contributed by atoms with Crippen LogP contribution in [-0.2, 0) is 9.59 Å². The Morgan fingerprint density at radius 3 is 2.63 bits per heavy atom. The summed E-state index contributed by atoms with van der Waals surface area (Å²) >= 11 is 0. The van der Waals surface area contributed by atoms with Gasteiger partial charge in [-0.05, 0) is 32.6 Å². The summed E-state index contributed by atoms with van der Waals surface area (Å²) in [5.41, 5.74) is 1.42. The molecule has 0 spiro atoms. The molecule has 0 aromatic rings. The third-order valence-corrected chi connectivity index (χ3v) is 4.74. The van der Waals surface area contributed by atoms with Crippen LogP contribution in [0.15, 0.2) is 36.6 Å². The minimum absolute atomic E-state index is 0.0551. The molecular formula is C16H19NO2. The number of rotatable bonds is 3. The van der Waals surface area contributed by atoms with Crippen LogP contribution >= 0.6 is 0 Å². The van der Waals surface area contributed by atoms with Crippen molar-refractivity contribution in [3.63, 3.8) is 0 Å². The molecule has 1 saturated heterocycles. The summed E-state index contributed by atoms with van der Waals surface area (Å²) in [4.78, 5) is 26.3. The largest absolute Gasteiger partial charge is 0.274 e. The predicted molar refractivity (Wildman–Crippen MR) is 72.8 cm³/mol. The van der Waals surface area contributed by atoms with E-state index >= 15 is 0 Å². The normalized spacial score (nSPS) is 39.1. The van der Waals surface area contributed by atoms with Gasteiger partial charge in [0.05, 0.1) is 11.8 Å². The van der Waals surface area contributed by atoms with Gasteiger partial charge in [-0.2, -0.15) is 0 Å². The van der Waals surface area contributed by atoms with Crippen LogP contribution in [0.4, 0.5) is 0 Å². The number of fused-ring (bicyclic) bond motifs is 5. The fraction of sp³-hybridized carbons (Fsp3) is 0.500. The highest BCUT2D eigenvalue weighted by Crippen LogP contribution is 2.62. The Labute approximate surface area is 113 Å². The Morgan fingerprint density at radius 1 is 1.37 bits per heavy atom. The van der Waals surface area contributed by atoms with Crippen molar-refractivity contribution in [1.29, 1.82) is 0 Å². The van der Waals surface area contributed by atoms with Crippen molar-refractivity contribution in [1.82, 2.24) is 4.90 Å². The van der Waals surface area contributed by atoms with Gasteiger partial charge in [-0.3, -0.25) is 14.5 Å². The molecule has 4 unspecified atom stereocenters. The average Bonchev–Trinajstić information content (AvgIpc) is 2.88. The highest BCUT2D eigenvalue weighted by molar-refractivity contribution is 6.08. The fourth-order valence-corrected chi connectivity index (χ4v) is 4.27. The molecule has 2 fully saturated rings. The van der Waals surface area contributed by atoms with E-state index in [0.717, 1.165) is 18.4 Å². The van der Waals surface area contributed by atoms with Crippen molar-refractivity contribution in [3.8, 4) is 0 Å². The predicted octanol–water partition coefficient (Wildman–Crippen LogP) is 2.66. The quantitative estimate of drug-likeness (QED) is 0.576. The van der Waals surface area contributed by atoms with E-state index in [9.17, 15) is 9.59 Å². The number of imide groups is 1. The van der Waals surface area contributed by atoms with Gasteiger partial charge >= 0.3 is 0 Å². The third kappa shape index (κ3) is 1.44. The first-order valence-corrected chi connectivity index (χ1v) is 6.74. The average molecular weight is 257 g/mol. The molecule has 0 aromatic heterocycles. The lowest BCUT2D eigenvalue weighted by Crippen LogP contribution is -2.34. The fourth-order valence-electron chi connectivity index (χ4n) is 4.27. The van der Waals surface area contributed by atoms with E-state index in [1.54, 1.807) is 6.92 Å². The monoisotopic (exact) mass is 257 g/mol. The second-order valence-electron chi connectivity index (χ2n) is 6.34.